The van der Waals surface area contributed by atoms with Crippen LogP contribution in [0, 0.1) is 19.8 Å². The first-order chi connectivity index (χ1) is 9.06. The third kappa shape index (κ3) is 4.01. The van der Waals surface area contributed by atoms with Crippen LogP contribution in [0.4, 0.5) is 0 Å². The Morgan fingerprint density at radius 2 is 2.32 bits per heavy atom. The van der Waals surface area contributed by atoms with E-state index in [4.69, 9.17) is 0 Å². The Labute approximate surface area is 119 Å². The molecule has 0 unspecified atom stereocenters. The Bertz CT molecular complexity index is 444. The number of nitrogens with one attached hydrogen (secondary N) is 1. The van der Waals surface area contributed by atoms with Crippen molar-refractivity contribution in [1.82, 2.24) is 15.2 Å². The lowest BCUT2D eigenvalue weighted by Crippen LogP contribution is -2.40. The van der Waals surface area contributed by atoms with Crippen molar-refractivity contribution in [3.63, 3.8) is 0 Å². The van der Waals surface area contributed by atoms with Crippen molar-refractivity contribution in [2.45, 2.75) is 33.6 Å². The standard InChI is InChI=1S/C14H23N3OS/c1-10-5-4-7-17(9-10)8-6-15-14(18)13-11(2)16-12(3)19-13/h10H,4-9H2,1-3H3,(H,15,18)/t10-/m0/s1. The summed E-state index contributed by atoms with van der Waals surface area (Å²) in [5.41, 5.74) is 0.839. The summed E-state index contributed by atoms with van der Waals surface area (Å²) >= 11 is 1.47. The van der Waals surface area contributed by atoms with Gasteiger partial charge in [-0.3, -0.25) is 4.79 Å². The summed E-state index contributed by atoms with van der Waals surface area (Å²) in [5, 5.41) is 3.96. The largest absolute Gasteiger partial charge is 0.350 e. The van der Waals surface area contributed by atoms with Gasteiger partial charge in [0.15, 0.2) is 0 Å². The maximum atomic E-state index is 12.0. The predicted octanol–water partition coefficient (Wildman–Crippen LogP) is 2.22. The first-order valence-corrected chi connectivity index (χ1v) is 7.82. The zero-order chi connectivity index (χ0) is 13.8. The zero-order valence-corrected chi connectivity index (χ0v) is 12.8. The molecule has 1 aromatic rings. The van der Waals surface area contributed by atoms with Crippen molar-refractivity contribution >= 4 is 17.2 Å². The fraction of sp³-hybridized carbons (Fsp3) is 0.714. The number of amides is 1. The van der Waals surface area contributed by atoms with Crippen molar-refractivity contribution in [1.29, 1.82) is 0 Å². The number of piperidine rings is 1. The monoisotopic (exact) mass is 281 g/mol. The molecule has 2 heterocycles. The molecular weight excluding hydrogens is 258 g/mol. The number of carbonyl (C=O) groups is 1. The number of aryl methyl sites for hydroxylation is 2. The van der Waals surface area contributed by atoms with Crippen molar-refractivity contribution in [3.8, 4) is 0 Å². The van der Waals surface area contributed by atoms with Crippen LogP contribution < -0.4 is 5.32 Å². The number of hydrogen-bond acceptors (Lipinski definition) is 4. The third-order valence-electron chi connectivity index (χ3n) is 3.56. The van der Waals surface area contributed by atoms with Crippen molar-refractivity contribution in [2.75, 3.05) is 26.2 Å². The Kier molecular flexibility index (Phi) is 4.93. The first-order valence-electron chi connectivity index (χ1n) is 7.01. The first kappa shape index (κ1) is 14.5. The molecule has 1 amide bonds. The number of thiazole rings is 1. The van der Waals surface area contributed by atoms with Gasteiger partial charge in [0.05, 0.1) is 10.7 Å². The minimum Gasteiger partial charge on any atom is -0.350 e. The van der Waals surface area contributed by atoms with E-state index in [0.29, 0.717) is 0 Å². The number of hydrogen-bond donors (Lipinski definition) is 1. The van der Waals surface area contributed by atoms with Gasteiger partial charge < -0.3 is 10.2 Å². The van der Waals surface area contributed by atoms with Crippen LogP contribution in [0.3, 0.4) is 0 Å². The molecule has 5 heteroatoms. The molecule has 4 nitrogen and oxygen atoms in total. The number of rotatable bonds is 4. The summed E-state index contributed by atoms with van der Waals surface area (Å²) in [6.45, 7) is 10.1. The summed E-state index contributed by atoms with van der Waals surface area (Å²) < 4.78 is 0. The van der Waals surface area contributed by atoms with Crippen LogP contribution in [0.5, 0.6) is 0 Å². The van der Waals surface area contributed by atoms with Gasteiger partial charge in [0.1, 0.15) is 4.88 Å². The van der Waals surface area contributed by atoms with E-state index in [-0.39, 0.29) is 5.91 Å². The van der Waals surface area contributed by atoms with E-state index in [1.807, 2.05) is 13.8 Å². The maximum absolute atomic E-state index is 12.0. The van der Waals surface area contributed by atoms with Crippen LogP contribution in [-0.4, -0.2) is 42.0 Å². The molecule has 1 aliphatic rings. The van der Waals surface area contributed by atoms with Gasteiger partial charge in [-0.05, 0) is 39.2 Å². The highest BCUT2D eigenvalue weighted by atomic mass is 32.1. The normalized spacial score (nSPS) is 20.5. The van der Waals surface area contributed by atoms with Gasteiger partial charge in [-0.25, -0.2) is 4.98 Å². The molecule has 0 spiro atoms. The SMILES string of the molecule is Cc1nc(C)c(C(=O)NCCN2CCC[C@H](C)C2)s1. The van der Waals surface area contributed by atoms with Crippen molar-refractivity contribution in [2.24, 2.45) is 5.92 Å². The highest BCUT2D eigenvalue weighted by Gasteiger charge is 2.17. The Hall–Kier alpha value is -0.940. The molecular formula is C14H23N3OS. The van der Waals surface area contributed by atoms with Crippen LogP contribution in [0.25, 0.3) is 0 Å². The molecule has 1 saturated heterocycles. The van der Waals surface area contributed by atoms with Gasteiger partial charge in [0, 0.05) is 19.6 Å². The number of likely N-dealkylation sites (tertiary alicyclic amines) is 1. The topological polar surface area (TPSA) is 45.2 Å². The van der Waals surface area contributed by atoms with E-state index in [2.05, 4.69) is 22.1 Å². The van der Waals surface area contributed by atoms with Gasteiger partial charge in [-0.2, -0.15) is 0 Å². The zero-order valence-electron chi connectivity index (χ0n) is 12.0. The average molecular weight is 281 g/mol. The smallest absolute Gasteiger partial charge is 0.263 e. The van der Waals surface area contributed by atoms with Crippen LogP contribution in [0.2, 0.25) is 0 Å². The van der Waals surface area contributed by atoms with E-state index in [1.54, 1.807) is 0 Å². The molecule has 0 aromatic carbocycles. The van der Waals surface area contributed by atoms with Gasteiger partial charge in [0.25, 0.3) is 5.91 Å². The lowest BCUT2D eigenvalue weighted by molar-refractivity contribution is 0.0947. The van der Waals surface area contributed by atoms with E-state index < -0.39 is 0 Å². The van der Waals surface area contributed by atoms with Gasteiger partial charge in [-0.15, -0.1) is 11.3 Å². The second-order valence-corrected chi connectivity index (χ2v) is 6.65. The number of carbonyl (C=O) groups excluding carboxylic acids is 1. The summed E-state index contributed by atoms with van der Waals surface area (Å²) in [6, 6.07) is 0. The van der Waals surface area contributed by atoms with Crippen LogP contribution >= 0.6 is 11.3 Å². The molecule has 0 saturated carbocycles. The summed E-state index contributed by atoms with van der Waals surface area (Å²) in [4.78, 5) is 19.5. The molecule has 1 N–H and O–H groups in total. The Balaban J connectivity index is 1.76. The van der Waals surface area contributed by atoms with E-state index in [0.717, 1.165) is 41.1 Å². The van der Waals surface area contributed by atoms with Crippen LogP contribution in [0.15, 0.2) is 0 Å². The van der Waals surface area contributed by atoms with Gasteiger partial charge in [0.2, 0.25) is 0 Å². The summed E-state index contributed by atoms with van der Waals surface area (Å²) in [7, 11) is 0. The lowest BCUT2D eigenvalue weighted by Gasteiger charge is -2.30. The summed E-state index contributed by atoms with van der Waals surface area (Å²) in [6.07, 6.45) is 2.62. The molecule has 2 rings (SSSR count). The molecule has 0 radical (unpaired) electrons. The van der Waals surface area contributed by atoms with Gasteiger partial charge >= 0.3 is 0 Å². The second-order valence-electron chi connectivity index (χ2n) is 5.45. The van der Waals surface area contributed by atoms with Gasteiger partial charge in [-0.1, -0.05) is 6.92 Å². The molecule has 0 bridgehead atoms. The maximum Gasteiger partial charge on any atom is 0.263 e. The molecule has 1 fully saturated rings. The van der Waals surface area contributed by atoms with Crippen molar-refractivity contribution in [3.05, 3.63) is 15.6 Å². The molecule has 1 aliphatic heterocycles. The highest BCUT2D eigenvalue weighted by molar-refractivity contribution is 7.13. The molecule has 106 valence electrons. The van der Waals surface area contributed by atoms with E-state index in [1.165, 1.54) is 30.7 Å². The third-order valence-corrected chi connectivity index (χ3v) is 4.64. The van der Waals surface area contributed by atoms with Crippen LogP contribution in [0.1, 0.15) is 40.1 Å². The second kappa shape index (κ2) is 6.48. The fourth-order valence-corrected chi connectivity index (χ4v) is 3.48. The Morgan fingerprint density at radius 3 is 2.95 bits per heavy atom. The number of aromatic nitrogens is 1. The van der Waals surface area contributed by atoms with Crippen LogP contribution in [-0.2, 0) is 0 Å². The summed E-state index contributed by atoms with van der Waals surface area (Å²) in [5.74, 6) is 0.809. The molecule has 1 aromatic heterocycles. The average Bonchev–Trinajstić information content (AvgIpc) is 2.68. The fourth-order valence-electron chi connectivity index (χ4n) is 2.64. The number of nitrogens with zero attached hydrogens (tertiary/aromatic N) is 2. The van der Waals surface area contributed by atoms with Crippen molar-refractivity contribution < 1.29 is 4.79 Å². The van der Waals surface area contributed by atoms with E-state index in [9.17, 15) is 4.79 Å². The van der Waals surface area contributed by atoms with E-state index >= 15 is 0 Å². The quantitative estimate of drug-likeness (QED) is 0.920. The molecule has 1 atom stereocenters. The minimum atomic E-state index is 0.0214. The molecule has 19 heavy (non-hydrogen) atoms. The molecule has 0 aliphatic carbocycles. The Morgan fingerprint density at radius 1 is 1.53 bits per heavy atom. The minimum absolute atomic E-state index is 0.0214. The predicted molar refractivity (Wildman–Crippen MR) is 78.8 cm³/mol. The highest BCUT2D eigenvalue weighted by Crippen LogP contribution is 2.17. The lowest BCUT2D eigenvalue weighted by atomic mass is 10.0.